The highest BCUT2D eigenvalue weighted by Gasteiger charge is 2.26. The van der Waals surface area contributed by atoms with Crippen molar-refractivity contribution in [1.82, 2.24) is 9.97 Å². The molecule has 15 heavy (non-hydrogen) atoms. The van der Waals surface area contributed by atoms with E-state index in [4.69, 9.17) is 23.2 Å². The molecule has 2 nitrogen and oxygen atoms in total. The lowest BCUT2D eigenvalue weighted by atomic mass is 10.0. The molecule has 2 aromatic heterocycles. The van der Waals surface area contributed by atoms with Crippen molar-refractivity contribution in [1.29, 1.82) is 0 Å². The molecule has 2 heterocycles. The first kappa shape index (κ1) is 9.82. The molecule has 0 amide bonds. The summed E-state index contributed by atoms with van der Waals surface area (Å²) in [7, 11) is 0. The molecule has 0 bridgehead atoms. The van der Waals surface area contributed by atoms with E-state index in [-0.39, 0.29) is 5.28 Å². The van der Waals surface area contributed by atoms with Crippen molar-refractivity contribution in [2.45, 2.75) is 25.7 Å². The molecule has 0 saturated carbocycles. The predicted molar refractivity (Wildman–Crippen MR) is 64.2 cm³/mol. The van der Waals surface area contributed by atoms with E-state index in [0.717, 1.165) is 16.6 Å². The van der Waals surface area contributed by atoms with Gasteiger partial charge in [-0.2, -0.15) is 0 Å². The number of aromatic nitrogens is 2. The van der Waals surface area contributed by atoms with Crippen LogP contribution in [0.1, 0.15) is 29.7 Å². The average molecular weight is 259 g/mol. The van der Waals surface area contributed by atoms with E-state index in [1.807, 2.05) is 0 Å². The largest absolute Gasteiger partial charge is 0.225 e. The Hall–Kier alpha value is -0.380. The van der Waals surface area contributed by atoms with E-state index in [0.29, 0.717) is 11.1 Å². The van der Waals surface area contributed by atoms with Gasteiger partial charge in [0, 0.05) is 4.88 Å². The standard InChI is InChI=1S/C10H8Cl2N2S/c1-4-2-3-5-6(4)7-8(11)13-10(12)14-9(7)15-5/h4H,2-3H2,1H3. The van der Waals surface area contributed by atoms with Crippen molar-refractivity contribution in [3.05, 3.63) is 20.9 Å². The minimum Gasteiger partial charge on any atom is -0.207 e. The SMILES string of the molecule is CC1CCc2sc3nc(Cl)nc(Cl)c3c21. The molecule has 0 fully saturated rings. The van der Waals surface area contributed by atoms with Crippen molar-refractivity contribution in [2.24, 2.45) is 0 Å². The Balaban J connectivity index is 2.42. The fourth-order valence-corrected chi connectivity index (χ4v) is 4.10. The van der Waals surface area contributed by atoms with Crippen molar-refractivity contribution in [3.63, 3.8) is 0 Å². The number of thiophene rings is 1. The van der Waals surface area contributed by atoms with Crippen molar-refractivity contribution in [2.75, 3.05) is 0 Å². The number of hydrogen-bond acceptors (Lipinski definition) is 3. The van der Waals surface area contributed by atoms with Gasteiger partial charge in [0.05, 0.1) is 5.39 Å². The minimum absolute atomic E-state index is 0.236. The molecule has 3 rings (SSSR count). The summed E-state index contributed by atoms with van der Waals surface area (Å²) in [6, 6.07) is 0. The van der Waals surface area contributed by atoms with Crippen LogP contribution in [0, 0.1) is 0 Å². The monoisotopic (exact) mass is 258 g/mol. The molecule has 0 spiro atoms. The second-order valence-electron chi connectivity index (χ2n) is 3.84. The van der Waals surface area contributed by atoms with Gasteiger partial charge in [-0.25, -0.2) is 9.97 Å². The Bertz CT molecular complexity index is 550. The summed E-state index contributed by atoms with van der Waals surface area (Å²) in [5, 5.41) is 1.75. The lowest BCUT2D eigenvalue weighted by molar-refractivity contribution is 0.751. The first-order valence-corrected chi connectivity index (χ1v) is 6.38. The maximum Gasteiger partial charge on any atom is 0.225 e. The molecule has 0 aliphatic heterocycles. The molecule has 78 valence electrons. The Labute approximate surface area is 101 Å². The highest BCUT2D eigenvalue weighted by atomic mass is 35.5. The van der Waals surface area contributed by atoms with E-state index in [1.54, 1.807) is 11.3 Å². The Morgan fingerprint density at radius 2 is 2.13 bits per heavy atom. The summed E-state index contributed by atoms with van der Waals surface area (Å²) < 4.78 is 0. The number of rotatable bonds is 0. The van der Waals surface area contributed by atoms with Gasteiger partial charge in [-0.3, -0.25) is 0 Å². The summed E-state index contributed by atoms with van der Waals surface area (Å²) in [5.41, 5.74) is 1.34. The zero-order valence-electron chi connectivity index (χ0n) is 8.05. The minimum atomic E-state index is 0.236. The molecule has 0 aromatic carbocycles. The second kappa shape index (κ2) is 3.30. The normalized spacial score (nSPS) is 19.8. The van der Waals surface area contributed by atoms with Crippen LogP contribution < -0.4 is 0 Å². The summed E-state index contributed by atoms with van der Waals surface area (Å²) in [4.78, 5) is 10.6. The molecular formula is C10H8Cl2N2S. The van der Waals surface area contributed by atoms with Crippen molar-refractivity contribution in [3.8, 4) is 0 Å². The number of aryl methyl sites for hydroxylation is 1. The summed E-state index contributed by atoms with van der Waals surface area (Å²) in [6.07, 6.45) is 2.33. The van der Waals surface area contributed by atoms with Gasteiger partial charge >= 0.3 is 0 Å². The molecule has 1 aliphatic rings. The molecule has 5 heteroatoms. The second-order valence-corrected chi connectivity index (χ2v) is 5.62. The van der Waals surface area contributed by atoms with Gasteiger partial charge in [0.15, 0.2) is 0 Å². The molecule has 0 radical (unpaired) electrons. The first-order valence-electron chi connectivity index (χ1n) is 4.81. The molecule has 0 N–H and O–H groups in total. The molecular weight excluding hydrogens is 251 g/mol. The zero-order chi connectivity index (χ0) is 10.6. The van der Waals surface area contributed by atoms with Gasteiger partial charge < -0.3 is 0 Å². The maximum atomic E-state index is 6.12. The van der Waals surface area contributed by atoms with E-state index in [1.165, 1.54) is 16.9 Å². The van der Waals surface area contributed by atoms with Crippen LogP contribution in [-0.2, 0) is 6.42 Å². The summed E-state index contributed by atoms with van der Waals surface area (Å²) in [5.74, 6) is 0.566. The van der Waals surface area contributed by atoms with Gasteiger partial charge in [0.25, 0.3) is 0 Å². The zero-order valence-corrected chi connectivity index (χ0v) is 10.4. The highest BCUT2D eigenvalue weighted by Crippen LogP contribution is 2.45. The van der Waals surface area contributed by atoms with Gasteiger partial charge in [-0.1, -0.05) is 18.5 Å². The van der Waals surface area contributed by atoms with E-state index < -0.39 is 0 Å². The van der Waals surface area contributed by atoms with Crippen LogP contribution in [0.3, 0.4) is 0 Å². The summed E-state index contributed by atoms with van der Waals surface area (Å²) >= 11 is 13.6. The van der Waals surface area contributed by atoms with Crippen LogP contribution in [0.4, 0.5) is 0 Å². The smallest absolute Gasteiger partial charge is 0.207 e. The first-order chi connectivity index (χ1) is 7.16. The third-order valence-corrected chi connectivity index (χ3v) is 4.49. The summed E-state index contributed by atoms with van der Waals surface area (Å²) in [6.45, 7) is 2.23. The lowest BCUT2D eigenvalue weighted by Gasteiger charge is -2.03. The number of halogens is 2. The van der Waals surface area contributed by atoms with Crippen molar-refractivity contribution < 1.29 is 0 Å². The molecule has 1 aliphatic carbocycles. The Morgan fingerprint density at radius 1 is 1.33 bits per heavy atom. The van der Waals surface area contributed by atoms with Gasteiger partial charge in [0.2, 0.25) is 5.28 Å². The maximum absolute atomic E-state index is 6.12. The van der Waals surface area contributed by atoms with Crippen LogP contribution in [-0.4, -0.2) is 9.97 Å². The number of hydrogen-bond donors (Lipinski definition) is 0. The number of fused-ring (bicyclic) bond motifs is 3. The predicted octanol–water partition coefficient (Wildman–Crippen LogP) is 4.05. The number of nitrogens with zero attached hydrogens (tertiary/aromatic N) is 2. The Morgan fingerprint density at radius 3 is 2.93 bits per heavy atom. The third kappa shape index (κ3) is 1.37. The molecule has 1 atom stereocenters. The fraction of sp³-hybridized carbons (Fsp3) is 0.400. The third-order valence-electron chi connectivity index (χ3n) is 2.89. The van der Waals surface area contributed by atoms with Crippen LogP contribution in [0.5, 0.6) is 0 Å². The van der Waals surface area contributed by atoms with E-state index >= 15 is 0 Å². The Kier molecular flexibility index (Phi) is 2.16. The highest BCUT2D eigenvalue weighted by molar-refractivity contribution is 7.19. The average Bonchev–Trinajstić information content (AvgIpc) is 2.66. The topological polar surface area (TPSA) is 25.8 Å². The van der Waals surface area contributed by atoms with E-state index in [2.05, 4.69) is 16.9 Å². The molecule has 2 aromatic rings. The van der Waals surface area contributed by atoms with Crippen LogP contribution in [0.25, 0.3) is 10.2 Å². The van der Waals surface area contributed by atoms with Gasteiger partial charge in [0.1, 0.15) is 9.98 Å². The molecule has 1 unspecified atom stereocenters. The van der Waals surface area contributed by atoms with Crippen LogP contribution >= 0.6 is 34.5 Å². The lowest BCUT2D eigenvalue weighted by Crippen LogP contribution is -1.89. The van der Waals surface area contributed by atoms with Crippen LogP contribution in [0.15, 0.2) is 0 Å². The quantitative estimate of drug-likeness (QED) is 0.527. The van der Waals surface area contributed by atoms with Crippen molar-refractivity contribution >= 4 is 44.8 Å². The molecule has 0 saturated heterocycles. The van der Waals surface area contributed by atoms with Crippen LogP contribution in [0.2, 0.25) is 10.4 Å². The van der Waals surface area contributed by atoms with Gasteiger partial charge in [-0.05, 0) is 35.9 Å². The van der Waals surface area contributed by atoms with Gasteiger partial charge in [-0.15, -0.1) is 11.3 Å². The fourth-order valence-electron chi connectivity index (χ4n) is 2.20. The van der Waals surface area contributed by atoms with E-state index in [9.17, 15) is 0 Å².